The lowest BCUT2D eigenvalue weighted by atomic mass is 10.00. The van der Waals surface area contributed by atoms with Gasteiger partial charge in [-0.25, -0.2) is 4.98 Å². The molecule has 1 aromatic rings. The first kappa shape index (κ1) is 14.9. The van der Waals surface area contributed by atoms with E-state index in [-0.39, 0.29) is 0 Å². The maximum absolute atomic E-state index is 4.35. The Kier molecular flexibility index (Phi) is 7.05. The quantitative estimate of drug-likeness (QED) is 0.452. The summed E-state index contributed by atoms with van der Waals surface area (Å²) >= 11 is 0. The van der Waals surface area contributed by atoms with Crippen LogP contribution in [0, 0.1) is 0 Å². The van der Waals surface area contributed by atoms with Gasteiger partial charge in [0.15, 0.2) is 0 Å². The summed E-state index contributed by atoms with van der Waals surface area (Å²) < 4.78 is 0.386. The highest BCUT2D eigenvalue weighted by Crippen LogP contribution is 2.44. The number of pyridine rings is 1. The molecule has 0 spiro atoms. The number of unbranched alkanes of at least 4 members (excludes halogenated alkanes) is 2. The molecule has 0 saturated carbocycles. The van der Waals surface area contributed by atoms with Crippen LogP contribution in [0.1, 0.15) is 52.9 Å². The summed E-state index contributed by atoms with van der Waals surface area (Å²) in [6.07, 6.45) is 8.39. The van der Waals surface area contributed by atoms with Gasteiger partial charge in [0.25, 0.3) is 0 Å². The third-order valence-electron chi connectivity index (χ3n) is 3.02. The normalized spacial score (nSPS) is 14.5. The lowest BCUT2D eigenvalue weighted by molar-refractivity contribution is 0.528. The van der Waals surface area contributed by atoms with E-state index in [2.05, 4.69) is 37.9 Å². The van der Waals surface area contributed by atoms with E-state index in [1.54, 1.807) is 0 Å². The molecular formula is C14H23NS2. The predicted octanol–water partition coefficient (Wildman–Crippen LogP) is 5.57. The summed E-state index contributed by atoms with van der Waals surface area (Å²) in [5.74, 6) is 0. The molecule has 0 aliphatic rings. The fraction of sp³-hybridized carbons (Fsp3) is 0.643. The van der Waals surface area contributed by atoms with Crippen molar-refractivity contribution in [3.8, 4) is 0 Å². The number of rotatable bonds is 8. The zero-order valence-electron chi connectivity index (χ0n) is 11.1. The lowest BCUT2D eigenvalue weighted by Gasteiger charge is -2.26. The molecule has 96 valence electrons. The molecule has 0 saturated heterocycles. The largest absolute Gasteiger partial charge is 0.249 e. The van der Waals surface area contributed by atoms with Crippen molar-refractivity contribution in [2.24, 2.45) is 0 Å². The highest BCUT2D eigenvalue weighted by molar-refractivity contribution is 8.77. The first-order valence-electron chi connectivity index (χ1n) is 6.47. The number of hydrogen-bond donors (Lipinski definition) is 0. The first-order chi connectivity index (χ1) is 8.20. The Morgan fingerprint density at radius 1 is 1.24 bits per heavy atom. The molecule has 0 aliphatic heterocycles. The van der Waals surface area contributed by atoms with Crippen LogP contribution in [0.5, 0.6) is 0 Å². The Bertz CT molecular complexity index is 302. The predicted molar refractivity (Wildman–Crippen MR) is 80.5 cm³/mol. The molecule has 0 amide bonds. The van der Waals surface area contributed by atoms with Crippen molar-refractivity contribution >= 4 is 21.6 Å². The molecule has 0 fully saturated rings. The van der Waals surface area contributed by atoms with Crippen LogP contribution in [0.3, 0.4) is 0 Å². The van der Waals surface area contributed by atoms with Gasteiger partial charge in [0.05, 0.1) is 0 Å². The van der Waals surface area contributed by atoms with Crippen LogP contribution in [-0.2, 0) is 0 Å². The zero-order chi connectivity index (χ0) is 12.6. The Morgan fingerprint density at radius 3 is 2.65 bits per heavy atom. The average Bonchev–Trinajstić information content (AvgIpc) is 2.38. The maximum atomic E-state index is 4.35. The van der Waals surface area contributed by atoms with Crippen molar-refractivity contribution in [1.82, 2.24) is 4.98 Å². The summed E-state index contributed by atoms with van der Waals surface area (Å²) in [5, 5.41) is 1.12. The summed E-state index contributed by atoms with van der Waals surface area (Å²) in [6, 6.07) is 6.10. The molecule has 1 heterocycles. The molecular weight excluding hydrogens is 246 g/mol. The van der Waals surface area contributed by atoms with Crippen molar-refractivity contribution < 1.29 is 0 Å². The minimum absolute atomic E-state index is 0.386. The highest BCUT2D eigenvalue weighted by atomic mass is 33.1. The minimum Gasteiger partial charge on any atom is -0.249 e. The van der Waals surface area contributed by atoms with Gasteiger partial charge in [0.1, 0.15) is 5.03 Å². The second-order valence-electron chi connectivity index (χ2n) is 4.60. The molecule has 0 N–H and O–H groups in total. The van der Waals surface area contributed by atoms with Crippen LogP contribution in [0.25, 0.3) is 0 Å². The van der Waals surface area contributed by atoms with E-state index in [1.807, 2.05) is 33.9 Å². The average molecular weight is 269 g/mol. The van der Waals surface area contributed by atoms with Crippen LogP contribution in [0.2, 0.25) is 0 Å². The molecule has 3 heteroatoms. The van der Waals surface area contributed by atoms with Gasteiger partial charge in [-0.2, -0.15) is 0 Å². The van der Waals surface area contributed by atoms with E-state index in [1.165, 1.54) is 32.1 Å². The van der Waals surface area contributed by atoms with Crippen LogP contribution >= 0.6 is 21.6 Å². The van der Waals surface area contributed by atoms with Gasteiger partial charge in [0, 0.05) is 10.9 Å². The van der Waals surface area contributed by atoms with Crippen molar-refractivity contribution in [2.75, 3.05) is 0 Å². The molecule has 1 aromatic heterocycles. The van der Waals surface area contributed by atoms with E-state index >= 15 is 0 Å². The Morgan fingerprint density at radius 2 is 2.06 bits per heavy atom. The fourth-order valence-corrected chi connectivity index (χ4v) is 4.20. The van der Waals surface area contributed by atoms with Crippen molar-refractivity contribution in [3.63, 3.8) is 0 Å². The van der Waals surface area contributed by atoms with Crippen molar-refractivity contribution in [3.05, 3.63) is 24.4 Å². The van der Waals surface area contributed by atoms with E-state index in [9.17, 15) is 0 Å². The van der Waals surface area contributed by atoms with Crippen LogP contribution in [0.15, 0.2) is 29.4 Å². The van der Waals surface area contributed by atoms with E-state index in [4.69, 9.17) is 0 Å². The second kappa shape index (κ2) is 8.04. The molecule has 0 aromatic carbocycles. The Labute approximate surface area is 114 Å². The number of aromatic nitrogens is 1. The fourth-order valence-electron chi connectivity index (χ4n) is 1.57. The van der Waals surface area contributed by atoms with E-state index in [0.29, 0.717) is 4.75 Å². The second-order valence-corrected chi connectivity index (χ2v) is 7.33. The topological polar surface area (TPSA) is 12.9 Å². The molecule has 0 aliphatic carbocycles. The molecule has 1 unspecified atom stereocenters. The van der Waals surface area contributed by atoms with Crippen molar-refractivity contribution in [1.29, 1.82) is 0 Å². The molecule has 0 bridgehead atoms. The van der Waals surface area contributed by atoms with E-state index in [0.717, 1.165) is 5.03 Å². The third-order valence-corrected chi connectivity index (χ3v) is 6.38. The van der Waals surface area contributed by atoms with Crippen LogP contribution in [-0.4, -0.2) is 9.73 Å². The van der Waals surface area contributed by atoms with Gasteiger partial charge >= 0.3 is 0 Å². The van der Waals surface area contributed by atoms with Gasteiger partial charge in [-0.05, 0) is 42.7 Å². The lowest BCUT2D eigenvalue weighted by Crippen LogP contribution is -2.17. The first-order valence-corrected chi connectivity index (χ1v) is 8.62. The smallest absolute Gasteiger partial charge is 0.106 e. The molecule has 1 rings (SSSR count). The Balaban J connectivity index is 2.40. The summed E-state index contributed by atoms with van der Waals surface area (Å²) in [6.45, 7) is 6.93. The highest BCUT2D eigenvalue weighted by Gasteiger charge is 2.23. The van der Waals surface area contributed by atoms with E-state index < -0.39 is 0 Å². The number of nitrogens with zero attached hydrogens (tertiary/aromatic N) is 1. The van der Waals surface area contributed by atoms with Gasteiger partial charge in [-0.1, -0.05) is 50.0 Å². The molecule has 1 nitrogen and oxygen atoms in total. The number of hydrogen-bond acceptors (Lipinski definition) is 3. The summed E-state index contributed by atoms with van der Waals surface area (Å²) in [5.41, 5.74) is 0. The van der Waals surface area contributed by atoms with Gasteiger partial charge in [-0.3, -0.25) is 0 Å². The van der Waals surface area contributed by atoms with Gasteiger partial charge < -0.3 is 0 Å². The molecule has 0 radical (unpaired) electrons. The van der Waals surface area contributed by atoms with Gasteiger partial charge in [0.2, 0.25) is 0 Å². The van der Waals surface area contributed by atoms with Gasteiger partial charge in [-0.15, -0.1) is 0 Å². The summed E-state index contributed by atoms with van der Waals surface area (Å²) in [4.78, 5) is 4.35. The summed E-state index contributed by atoms with van der Waals surface area (Å²) in [7, 11) is 3.80. The maximum Gasteiger partial charge on any atom is 0.106 e. The monoisotopic (exact) mass is 269 g/mol. The molecule has 1 atom stereocenters. The standard InChI is InChI=1S/C14H23NS2/c1-4-6-8-11-14(3,5-2)17-16-13-10-7-9-12-15-13/h7,9-10,12H,4-6,8,11H2,1-3H3. The van der Waals surface area contributed by atoms with Crippen LogP contribution < -0.4 is 0 Å². The van der Waals surface area contributed by atoms with Crippen LogP contribution in [0.4, 0.5) is 0 Å². The zero-order valence-corrected chi connectivity index (χ0v) is 12.7. The Hall–Kier alpha value is -0.150. The third kappa shape index (κ3) is 5.82. The molecule has 17 heavy (non-hydrogen) atoms. The minimum atomic E-state index is 0.386. The SMILES string of the molecule is CCCCCC(C)(CC)SSc1ccccn1. The van der Waals surface area contributed by atoms with Crippen molar-refractivity contribution in [2.45, 2.75) is 62.6 Å².